The highest BCUT2D eigenvalue weighted by atomic mass is 35.5. The highest BCUT2D eigenvalue weighted by Crippen LogP contribution is 2.25. The molecule has 0 radical (unpaired) electrons. The number of rotatable bonds is 6. The Hall–Kier alpha value is -1.01. The van der Waals surface area contributed by atoms with E-state index in [4.69, 9.17) is 17.4 Å². The molecule has 1 unspecified atom stereocenters. The molecule has 0 spiro atoms. The number of hydrogen-bond acceptors (Lipinski definition) is 5. The molecule has 0 bridgehead atoms. The highest BCUT2D eigenvalue weighted by Gasteiger charge is 2.18. The van der Waals surface area contributed by atoms with Crippen LogP contribution in [0.5, 0.6) is 0 Å². The van der Waals surface area contributed by atoms with E-state index >= 15 is 0 Å². The molecule has 0 aliphatic rings. The average Bonchev–Trinajstić information content (AvgIpc) is 2.87. The Morgan fingerprint density at radius 3 is 2.74 bits per heavy atom. The Kier molecular flexibility index (Phi) is 5.27. The van der Waals surface area contributed by atoms with Crippen molar-refractivity contribution in [1.82, 2.24) is 15.0 Å². The Morgan fingerprint density at radius 1 is 1.37 bits per heavy atom. The predicted molar refractivity (Wildman–Crippen MR) is 79.1 cm³/mol. The maximum absolute atomic E-state index is 5.89. The van der Waals surface area contributed by atoms with Crippen LogP contribution in [0, 0.1) is 0 Å². The lowest BCUT2D eigenvalue weighted by Crippen LogP contribution is -2.29. The van der Waals surface area contributed by atoms with Crippen molar-refractivity contribution < 1.29 is 0 Å². The van der Waals surface area contributed by atoms with Gasteiger partial charge in [0.25, 0.3) is 0 Å². The Labute approximate surface area is 122 Å². The van der Waals surface area contributed by atoms with Crippen molar-refractivity contribution in [3.63, 3.8) is 0 Å². The molecule has 3 N–H and O–H groups in total. The zero-order chi connectivity index (χ0) is 13.7. The number of benzene rings is 1. The van der Waals surface area contributed by atoms with Crippen LogP contribution in [0.15, 0.2) is 24.3 Å². The minimum Gasteiger partial charge on any atom is -0.271 e. The van der Waals surface area contributed by atoms with E-state index in [-0.39, 0.29) is 6.04 Å². The molecular weight excluding hydrogens is 280 g/mol. The summed E-state index contributed by atoms with van der Waals surface area (Å²) in [4.78, 5) is 1.12. The van der Waals surface area contributed by atoms with Crippen LogP contribution in [0.4, 0.5) is 0 Å². The molecule has 102 valence electrons. The van der Waals surface area contributed by atoms with Crippen molar-refractivity contribution in [2.24, 2.45) is 5.84 Å². The largest absolute Gasteiger partial charge is 0.271 e. The molecule has 1 aromatic carbocycles. The quantitative estimate of drug-likeness (QED) is 0.635. The summed E-state index contributed by atoms with van der Waals surface area (Å²) in [6.07, 6.45) is 2.79. The summed E-state index contributed by atoms with van der Waals surface area (Å²) < 4.78 is 4.04. The molecule has 0 aliphatic carbocycles. The van der Waals surface area contributed by atoms with Crippen LogP contribution >= 0.6 is 23.1 Å². The van der Waals surface area contributed by atoms with Crippen molar-refractivity contribution in [2.45, 2.75) is 32.2 Å². The van der Waals surface area contributed by atoms with Gasteiger partial charge in [0.05, 0.1) is 16.6 Å². The molecule has 1 atom stereocenters. The average molecular weight is 297 g/mol. The predicted octanol–water partition coefficient (Wildman–Crippen LogP) is 2.89. The molecule has 6 heteroatoms. The van der Waals surface area contributed by atoms with Gasteiger partial charge >= 0.3 is 0 Å². The summed E-state index contributed by atoms with van der Waals surface area (Å²) in [6.45, 7) is 2.13. The SMILES string of the molecule is CCCc1nnsc1C(Cc1ccc(Cl)cc1)NN. The van der Waals surface area contributed by atoms with E-state index in [0.29, 0.717) is 0 Å². The number of nitrogens with zero attached hydrogens (tertiary/aromatic N) is 2. The molecule has 4 nitrogen and oxygen atoms in total. The second-order valence-corrected chi connectivity index (χ2v) is 5.61. The molecule has 0 amide bonds. The van der Waals surface area contributed by atoms with Crippen molar-refractivity contribution in [1.29, 1.82) is 0 Å². The summed E-state index contributed by atoms with van der Waals surface area (Å²) in [5.74, 6) is 5.68. The third-order valence-corrected chi connectivity index (χ3v) is 4.07. The van der Waals surface area contributed by atoms with Gasteiger partial charge in [-0.3, -0.25) is 11.3 Å². The summed E-state index contributed by atoms with van der Waals surface area (Å²) in [5, 5.41) is 4.93. The van der Waals surface area contributed by atoms with Gasteiger partial charge in [0.2, 0.25) is 0 Å². The van der Waals surface area contributed by atoms with E-state index in [1.165, 1.54) is 17.1 Å². The van der Waals surface area contributed by atoms with Crippen LogP contribution in [-0.2, 0) is 12.8 Å². The molecule has 19 heavy (non-hydrogen) atoms. The van der Waals surface area contributed by atoms with Gasteiger partial charge in [0.1, 0.15) is 0 Å². The number of halogens is 1. The third kappa shape index (κ3) is 3.73. The van der Waals surface area contributed by atoms with Crippen LogP contribution in [0.2, 0.25) is 5.02 Å². The fourth-order valence-electron chi connectivity index (χ4n) is 1.97. The first-order valence-corrected chi connectivity index (χ1v) is 7.41. The second kappa shape index (κ2) is 6.96. The summed E-state index contributed by atoms with van der Waals surface area (Å²) in [5.41, 5.74) is 5.09. The van der Waals surface area contributed by atoms with Gasteiger partial charge < -0.3 is 0 Å². The fraction of sp³-hybridized carbons (Fsp3) is 0.385. The van der Waals surface area contributed by atoms with Crippen molar-refractivity contribution in [3.8, 4) is 0 Å². The van der Waals surface area contributed by atoms with E-state index in [9.17, 15) is 0 Å². The van der Waals surface area contributed by atoms with Gasteiger partial charge in [-0.2, -0.15) is 0 Å². The molecule has 1 heterocycles. The third-order valence-electron chi connectivity index (χ3n) is 2.94. The number of aryl methyl sites for hydroxylation is 1. The number of nitrogens with two attached hydrogens (primary N) is 1. The summed E-state index contributed by atoms with van der Waals surface area (Å²) >= 11 is 7.30. The van der Waals surface area contributed by atoms with E-state index in [1.807, 2.05) is 24.3 Å². The molecule has 0 saturated carbocycles. The second-order valence-electron chi connectivity index (χ2n) is 4.38. The topological polar surface area (TPSA) is 63.8 Å². The van der Waals surface area contributed by atoms with Crippen molar-refractivity contribution in [3.05, 3.63) is 45.4 Å². The summed E-state index contributed by atoms with van der Waals surface area (Å²) in [7, 11) is 0. The van der Waals surface area contributed by atoms with Crippen LogP contribution in [0.3, 0.4) is 0 Å². The summed E-state index contributed by atoms with van der Waals surface area (Å²) in [6, 6.07) is 7.86. The minimum atomic E-state index is 0.0442. The van der Waals surface area contributed by atoms with Crippen LogP contribution < -0.4 is 11.3 Å². The van der Waals surface area contributed by atoms with Gasteiger partial charge in [-0.15, -0.1) is 5.10 Å². The lowest BCUT2D eigenvalue weighted by atomic mass is 10.0. The van der Waals surface area contributed by atoms with Crippen molar-refractivity contribution in [2.75, 3.05) is 0 Å². The van der Waals surface area contributed by atoms with Crippen LogP contribution in [0.25, 0.3) is 0 Å². The first-order valence-electron chi connectivity index (χ1n) is 6.26. The fourth-order valence-corrected chi connectivity index (χ4v) is 2.85. The Balaban J connectivity index is 2.15. The molecule has 2 aromatic rings. The lowest BCUT2D eigenvalue weighted by Gasteiger charge is -2.15. The zero-order valence-corrected chi connectivity index (χ0v) is 12.3. The molecule has 1 aromatic heterocycles. The number of hydrazine groups is 1. The van der Waals surface area contributed by atoms with Crippen molar-refractivity contribution >= 4 is 23.1 Å². The standard InChI is InChI=1S/C13H17ClN4S/c1-2-3-11-13(19-18-17-11)12(16-15)8-9-4-6-10(14)7-5-9/h4-7,12,16H,2-3,8,15H2,1H3. The normalized spacial score (nSPS) is 12.6. The zero-order valence-electron chi connectivity index (χ0n) is 10.8. The Morgan fingerprint density at radius 2 is 2.11 bits per heavy atom. The van der Waals surface area contributed by atoms with Gasteiger partial charge in [-0.25, -0.2) is 0 Å². The van der Waals surface area contributed by atoms with Gasteiger partial charge in [0, 0.05) is 5.02 Å². The minimum absolute atomic E-state index is 0.0442. The number of nitrogens with one attached hydrogen (secondary N) is 1. The smallest absolute Gasteiger partial charge is 0.0804 e. The molecule has 0 fully saturated rings. The van der Waals surface area contributed by atoms with E-state index < -0.39 is 0 Å². The van der Waals surface area contributed by atoms with Gasteiger partial charge in [-0.1, -0.05) is 41.6 Å². The number of hydrogen-bond donors (Lipinski definition) is 2. The molecule has 0 aliphatic heterocycles. The maximum atomic E-state index is 5.89. The van der Waals surface area contributed by atoms with Crippen LogP contribution in [0.1, 0.15) is 35.5 Å². The van der Waals surface area contributed by atoms with E-state index in [0.717, 1.165) is 34.9 Å². The van der Waals surface area contributed by atoms with E-state index in [2.05, 4.69) is 21.9 Å². The lowest BCUT2D eigenvalue weighted by molar-refractivity contribution is 0.554. The molecular formula is C13H17ClN4S. The Bertz CT molecular complexity index is 512. The highest BCUT2D eigenvalue weighted by molar-refractivity contribution is 7.05. The number of aromatic nitrogens is 2. The van der Waals surface area contributed by atoms with E-state index in [1.54, 1.807) is 0 Å². The monoisotopic (exact) mass is 296 g/mol. The van der Waals surface area contributed by atoms with Gasteiger partial charge in [-0.05, 0) is 42.1 Å². The molecule has 0 saturated heterocycles. The molecule has 2 rings (SSSR count). The maximum Gasteiger partial charge on any atom is 0.0804 e. The van der Waals surface area contributed by atoms with Gasteiger partial charge in [0.15, 0.2) is 0 Å². The first kappa shape index (κ1) is 14.4. The first-order chi connectivity index (χ1) is 9.24. The van der Waals surface area contributed by atoms with Crippen LogP contribution in [-0.4, -0.2) is 9.59 Å².